The van der Waals surface area contributed by atoms with Gasteiger partial charge in [0.25, 0.3) is 10.0 Å². The molecule has 2 rings (SSSR count). The van der Waals surface area contributed by atoms with E-state index in [1.807, 2.05) is 0 Å². The summed E-state index contributed by atoms with van der Waals surface area (Å²) in [5.74, 6) is -1.06. The first-order valence-electron chi connectivity index (χ1n) is 5.36. The first-order valence-corrected chi connectivity index (χ1v) is 6.85. The van der Waals surface area contributed by atoms with Crippen LogP contribution >= 0.6 is 0 Å². The highest BCUT2D eigenvalue weighted by molar-refractivity contribution is 7.92. The molecule has 0 atom stereocenters. The summed E-state index contributed by atoms with van der Waals surface area (Å²) in [5.41, 5.74) is 0.575. The maximum Gasteiger partial charge on any atom is 0.328 e. The van der Waals surface area contributed by atoms with E-state index in [4.69, 9.17) is 5.11 Å². The molecular formula is C11H10N4O4S. The van der Waals surface area contributed by atoms with Crippen LogP contribution in [0.15, 0.2) is 41.6 Å². The van der Waals surface area contributed by atoms with Crippen molar-refractivity contribution in [3.63, 3.8) is 0 Å². The number of aromatic amines is 1. The second kappa shape index (κ2) is 5.53. The molecule has 0 bridgehead atoms. The van der Waals surface area contributed by atoms with Crippen LogP contribution in [0.5, 0.6) is 0 Å². The molecular weight excluding hydrogens is 284 g/mol. The van der Waals surface area contributed by atoms with Gasteiger partial charge in [0.05, 0.1) is 4.90 Å². The highest BCUT2D eigenvalue weighted by atomic mass is 32.2. The molecule has 0 aliphatic carbocycles. The number of sulfonamides is 1. The predicted molar refractivity (Wildman–Crippen MR) is 70.3 cm³/mol. The molecule has 0 fully saturated rings. The summed E-state index contributed by atoms with van der Waals surface area (Å²) in [6.45, 7) is 0. The van der Waals surface area contributed by atoms with Gasteiger partial charge in [-0.25, -0.2) is 23.0 Å². The fourth-order valence-electron chi connectivity index (χ4n) is 1.37. The average Bonchev–Trinajstić information content (AvgIpc) is 2.89. The fourth-order valence-corrected chi connectivity index (χ4v) is 2.33. The smallest absolute Gasteiger partial charge is 0.328 e. The summed E-state index contributed by atoms with van der Waals surface area (Å²) in [5, 5.41) is 14.4. The number of carboxylic acids is 1. The SMILES string of the molecule is O=C(O)C=Cc1ccc(S(=O)(=O)Nc2ncn[nH]2)cc1. The van der Waals surface area contributed by atoms with Crippen molar-refractivity contribution in [3.8, 4) is 0 Å². The van der Waals surface area contributed by atoms with E-state index in [1.54, 1.807) is 0 Å². The molecule has 0 radical (unpaired) electrons. The number of rotatable bonds is 5. The number of nitrogens with zero attached hydrogens (tertiary/aromatic N) is 2. The van der Waals surface area contributed by atoms with Gasteiger partial charge >= 0.3 is 5.97 Å². The van der Waals surface area contributed by atoms with E-state index in [9.17, 15) is 13.2 Å². The van der Waals surface area contributed by atoms with Crippen LogP contribution in [0.25, 0.3) is 6.08 Å². The molecule has 20 heavy (non-hydrogen) atoms. The Morgan fingerprint density at radius 3 is 2.55 bits per heavy atom. The topological polar surface area (TPSA) is 125 Å². The van der Waals surface area contributed by atoms with Crippen molar-refractivity contribution in [3.05, 3.63) is 42.2 Å². The van der Waals surface area contributed by atoms with Gasteiger partial charge in [-0.15, -0.1) is 0 Å². The molecule has 1 heterocycles. The number of hydrogen-bond acceptors (Lipinski definition) is 5. The number of hydrogen-bond donors (Lipinski definition) is 3. The van der Waals surface area contributed by atoms with Crippen LogP contribution in [0, 0.1) is 0 Å². The molecule has 1 aromatic heterocycles. The number of anilines is 1. The van der Waals surface area contributed by atoms with Crippen molar-refractivity contribution in [1.82, 2.24) is 15.2 Å². The molecule has 0 spiro atoms. The number of carbonyl (C=O) groups is 1. The van der Waals surface area contributed by atoms with Gasteiger partial charge in [0.1, 0.15) is 6.33 Å². The zero-order chi connectivity index (χ0) is 14.6. The van der Waals surface area contributed by atoms with Gasteiger partial charge in [-0.05, 0) is 23.8 Å². The number of benzene rings is 1. The van der Waals surface area contributed by atoms with E-state index in [-0.39, 0.29) is 10.8 Å². The maximum absolute atomic E-state index is 12.0. The molecule has 9 heteroatoms. The van der Waals surface area contributed by atoms with Gasteiger partial charge in [0.2, 0.25) is 5.95 Å². The lowest BCUT2D eigenvalue weighted by Gasteiger charge is -2.04. The number of carboxylic acid groups (broad SMARTS) is 1. The molecule has 3 N–H and O–H groups in total. The molecule has 0 unspecified atom stereocenters. The van der Waals surface area contributed by atoms with Crippen molar-refractivity contribution < 1.29 is 18.3 Å². The molecule has 1 aromatic carbocycles. The van der Waals surface area contributed by atoms with E-state index >= 15 is 0 Å². The molecule has 0 aliphatic heterocycles. The fraction of sp³-hybridized carbons (Fsp3) is 0. The van der Waals surface area contributed by atoms with Gasteiger partial charge in [-0.1, -0.05) is 12.1 Å². The normalized spacial score (nSPS) is 11.6. The lowest BCUT2D eigenvalue weighted by molar-refractivity contribution is -0.131. The third-order valence-electron chi connectivity index (χ3n) is 2.25. The Bertz CT molecular complexity index is 720. The van der Waals surface area contributed by atoms with Gasteiger partial charge in [-0.2, -0.15) is 10.1 Å². The number of aromatic nitrogens is 3. The van der Waals surface area contributed by atoms with Crippen LogP contribution in [0.1, 0.15) is 5.56 Å². The minimum absolute atomic E-state index is 0.0137. The van der Waals surface area contributed by atoms with Gasteiger partial charge in [0.15, 0.2) is 0 Å². The van der Waals surface area contributed by atoms with E-state index < -0.39 is 16.0 Å². The highest BCUT2D eigenvalue weighted by Gasteiger charge is 2.14. The predicted octanol–water partition coefficient (Wildman–Crippen LogP) is 0.703. The number of aliphatic carboxylic acids is 1. The van der Waals surface area contributed by atoms with Gasteiger partial charge in [-0.3, -0.25) is 0 Å². The van der Waals surface area contributed by atoms with Crippen molar-refractivity contribution in [2.24, 2.45) is 0 Å². The zero-order valence-electron chi connectivity index (χ0n) is 10.0. The molecule has 2 aromatic rings. The molecule has 0 aliphatic rings. The minimum Gasteiger partial charge on any atom is -0.478 e. The molecule has 0 saturated heterocycles. The Labute approximate surface area is 114 Å². The van der Waals surface area contributed by atoms with E-state index in [0.29, 0.717) is 5.56 Å². The monoisotopic (exact) mass is 294 g/mol. The van der Waals surface area contributed by atoms with Crippen LogP contribution in [0.4, 0.5) is 5.95 Å². The van der Waals surface area contributed by atoms with Gasteiger partial charge < -0.3 is 5.11 Å². The third-order valence-corrected chi connectivity index (χ3v) is 3.61. The Morgan fingerprint density at radius 2 is 2.00 bits per heavy atom. The van der Waals surface area contributed by atoms with Crippen LogP contribution < -0.4 is 4.72 Å². The second-order valence-corrected chi connectivity index (χ2v) is 5.36. The van der Waals surface area contributed by atoms with Crippen molar-refractivity contribution in [2.45, 2.75) is 4.90 Å². The van der Waals surface area contributed by atoms with Crippen molar-refractivity contribution >= 4 is 28.0 Å². The first-order chi connectivity index (χ1) is 9.47. The summed E-state index contributed by atoms with van der Waals surface area (Å²) in [7, 11) is -3.76. The summed E-state index contributed by atoms with van der Waals surface area (Å²) in [4.78, 5) is 14.1. The van der Waals surface area contributed by atoms with E-state index in [0.717, 1.165) is 6.08 Å². The van der Waals surface area contributed by atoms with E-state index in [2.05, 4.69) is 19.9 Å². The molecule has 0 amide bonds. The Hall–Kier alpha value is -2.68. The lowest BCUT2D eigenvalue weighted by Crippen LogP contribution is -2.13. The Kier molecular flexibility index (Phi) is 3.80. The summed E-state index contributed by atoms with van der Waals surface area (Å²) < 4.78 is 26.1. The zero-order valence-corrected chi connectivity index (χ0v) is 10.8. The first kappa shape index (κ1) is 13.7. The quantitative estimate of drug-likeness (QED) is 0.697. The summed E-state index contributed by atoms with van der Waals surface area (Å²) >= 11 is 0. The van der Waals surface area contributed by atoms with Crippen LogP contribution in [-0.2, 0) is 14.8 Å². The summed E-state index contributed by atoms with van der Waals surface area (Å²) in [6.07, 6.45) is 3.51. The standard InChI is InChI=1S/C11H10N4O4S/c16-10(17)6-3-8-1-4-9(5-2-8)20(18,19)15-11-12-7-13-14-11/h1-7H,(H,16,17)(H2,12,13,14,15). The van der Waals surface area contributed by atoms with Crippen LogP contribution in [-0.4, -0.2) is 34.7 Å². The molecule has 0 saturated carbocycles. The summed E-state index contributed by atoms with van der Waals surface area (Å²) in [6, 6.07) is 5.71. The highest BCUT2D eigenvalue weighted by Crippen LogP contribution is 2.14. The largest absolute Gasteiger partial charge is 0.478 e. The molecule has 104 valence electrons. The van der Waals surface area contributed by atoms with Crippen molar-refractivity contribution in [1.29, 1.82) is 0 Å². The van der Waals surface area contributed by atoms with Gasteiger partial charge in [0, 0.05) is 6.08 Å². The van der Waals surface area contributed by atoms with Crippen LogP contribution in [0.2, 0.25) is 0 Å². The minimum atomic E-state index is -3.76. The van der Waals surface area contributed by atoms with Crippen LogP contribution in [0.3, 0.4) is 0 Å². The van der Waals surface area contributed by atoms with E-state index in [1.165, 1.54) is 36.7 Å². The maximum atomic E-state index is 12.0. The molecule has 8 nitrogen and oxygen atoms in total. The number of H-pyrrole nitrogens is 1. The number of nitrogens with one attached hydrogen (secondary N) is 2. The average molecular weight is 294 g/mol. The third kappa shape index (κ3) is 3.42. The Balaban J connectivity index is 2.19. The lowest BCUT2D eigenvalue weighted by atomic mass is 10.2. The second-order valence-electron chi connectivity index (χ2n) is 3.68. The van der Waals surface area contributed by atoms with Crippen molar-refractivity contribution in [2.75, 3.05) is 4.72 Å². The Morgan fingerprint density at radius 1 is 1.30 bits per heavy atom.